The Hall–Kier alpha value is -0.670. The van der Waals surface area contributed by atoms with Crippen LogP contribution in [0.15, 0.2) is 11.6 Å². The summed E-state index contributed by atoms with van der Waals surface area (Å²) in [6.45, 7) is 1.26. The van der Waals surface area contributed by atoms with E-state index in [4.69, 9.17) is 9.47 Å². The SMILES string of the molecule is O=C1C=C2CO[C@@H]3OCCC1[C@H]23. The van der Waals surface area contributed by atoms with Gasteiger partial charge in [-0.1, -0.05) is 0 Å². The molecule has 2 saturated heterocycles. The molecule has 3 rings (SSSR count). The largest absolute Gasteiger partial charge is 0.352 e. The van der Waals surface area contributed by atoms with Crippen LogP contribution in [0.5, 0.6) is 0 Å². The highest BCUT2D eigenvalue weighted by Crippen LogP contribution is 2.43. The molecule has 0 spiro atoms. The maximum absolute atomic E-state index is 11.4. The standard InChI is InChI=1S/C9H10O3/c10-7-3-5-4-12-9-8(5)6(7)1-2-11-9/h3,6,8-9H,1-2,4H2/t6?,8-,9-/m0/s1. The van der Waals surface area contributed by atoms with Crippen molar-refractivity contribution in [2.45, 2.75) is 12.7 Å². The summed E-state index contributed by atoms with van der Waals surface area (Å²) in [5.41, 5.74) is 1.15. The summed E-state index contributed by atoms with van der Waals surface area (Å²) < 4.78 is 10.8. The maximum atomic E-state index is 11.4. The summed E-state index contributed by atoms with van der Waals surface area (Å²) in [4.78, 5) is 11.4. The van der Waals surface area contributed by atoms with Gasteiger partial charge in [0.15, 0.2) is 12.1 Å². The molecule has 3 atom stereocenters. The molecule has 0 aromatic rings. The molecule has 0 N–H and O–H groups in total. The van der Waals surface area contributed by atoms with Crippen LogP contribution < -0.4 is 0 Å². The van der Waals surface area contributed by atoms with Gasteiger partial charge in [-0.05, 0) is 18.1 Å². The van der Waals surface area contributed by atoms with Crippen molar-refractivity contribution < 1.29 is 14.3 Å². The molecule has 3 aliphatic rings. The van der Waals surface area contributed by atoms with Crippen LogP contribution >= 0.6 is 0 Å². The zero-order valence-corrected chi connectivity index (χ0v) is 6.66. The molecule has 0 radical (unpaired) electrons. The lowest BCUT2D eigenvalue weighted by atomic mass is 9.87. The smallest absolute Gasteiger partial charge is 0.165 e. The van der Waals surface area contributed by atoms with Crippen LogP contribution in [0.1, 0.15) is 6.42 Å². The van der Waals surface area contributed by atoms with Crippen molar-refractivity contribution in [2.24, 2.45) is 11.8 Å². The molecular formula is C9H10O3. The van der Waals surface area contributed by atoms with Gasteiger partial charge in [-0.15, -0.1) is 0 Å². The Morgan fingerprint density at radius 2 is 2.33 bits per heavy atom. The van der Waals surface area contributed by atoms with E-state index in [0.29, 0.717) is 13.2 Å². The molecule has 0 saturated carbocycles. The molecule has 1 aliphatic carbocycles. The summed E-state index contributed by atoms with van der Waals surface area (Å²) >= 11 is 0. The monoisotopic (exact) mass is 166 g/mol. The zero-order valence-electron chi connectivity index (χ0n) is 6.66. The minimum Gasteiger partial charge on any atom is -0.352 e. The molecule has 0 amide bonds. The van der Waals surface area contributed by atoms with Crippen molar-refractivity contribution in [2.75, 3.05) is 13.2 Å². The van der Waals surface area contributed by atoms with E-state index in [-0.39, 0.29) is 23.9 Å². The molecule has 12 heavy (non-hydrogen) atoms. The van der Waals surface area contributed by atoms with Crippen LogP contribution in [-0.4, -0.2) is 25.3 Å². The summed E-state index contributed by atoms with van der Waals surface area (Å²) in [6, 6.07) is 0. The second-order valence-electron chi connectivity index (χ2n) is 3.59. The normalized spacial score (nSPS) is 44.5. The zero-order chi connectivity index (χ0) is 8.13. The Labute approximate surface area is 70.3 Å². The molecule has 0 bridgehead atoms. The summed E-state index contributed by atoms with van der Waals surface area (Å²) in [5, 5.41) is 0. The quantitative estimate of drug-likeness (QED) is 0.525. The molecule has 2 heterocycles. The highest BCUT2D eigenvalue weighted by atomic mass is 16.7. The molecular weight excluding hydrogens is 156 g/mol. The van der Waals surface area contributed by atoms with Gasteiger partial charge in [-0.3, -0.25) is 4.79 Å². The average molecular weight is 166 g/mol. The van der Waals surface area contributed by atoms with Gasteiger partial charge < -0.3 is 9.47 Å². The number of carbonyl (C=O) groups is 1. The predicted molar refractivity (Wildman–Crippen MR) is 40.4 cm³/mol. The first-order valence-corrected chi connectivity index (χ1v) is 4.34. The molecule has 64 valence electrons. The number of hydrogen-bond acceptors (Lipinski definition) is 3. The Bertz CT molecular complexity index is 269. The van der Waals surface area contributed by atoms with Crippen LogP contribution in [0.4, 0.5) is 0 Å². The summed E-state index contributed by atoms with van der Waals surface area (Å²) in [6.07, 6.45) is 2.49. The van der Waals surface area contributed by atoms with E-state index in [9.17, 15) is 4.79 Å². The van der Waals surface area contributed by atoms with Gasteiger partial charge in [0.25, 0.3) is 0 Å². The lowest BCUT2D eigenvalue weighted by Crippen LogP contribution is -2.34. The first-order chi connectivity index (χ1) is 5.86. The van der Waals surface area contributed by atoms with Gasteiger partial charge in [0.05, 0.1) is 13.2 Å². The van der Waals surface area contributed by atoms with Crippen molar-refractivity contribution in [3.8, 4) is 0 Å². The van der Waals surface area contributed by atoms with Gasteiger partial charge in [0.1, 0.15) is 0 Å². The fourth-order valence-electron chi connectivity index (χ4n) is 2.39. The number of hydrogen-bond donors (Lipinski definition) is 0. The Balaban J connectivity index is 2.01. The molecule has 2 aliphatic heterocycles. The number of ether oxygens (including phenoxy) is 2. The Morgan fingerprint density at radius 3 is 3.25 bits per heavy atom. The van der Waals surface area contributed by atoms with E-state index < -0.39 is 0 Å². The van der Waals surface area contributed by atoms with Crippen LogP contribution in [0.3, 0.4) is 0 Å². The van der Waals surface area contributed by atoms with Crippen molar-refractivity contribution >= 4 is 5.78 Å². The fraction of sp³-hybridized carbons (Fsp3) is 0.667. The lowest BCUT2D eigenvalue weighted by molar-refractivity contribution is -0.167. The van der Waals surface area contributed by atoms with Crippen LogP contribution in [0.25, 0.3) is 0 Å². The molecule has 3 heteroatoms. The van der Waals surface area contributed by atoms with E-state index in [1.54, 1.807) is 6.08 Å². The number of rotatable bonds is 0. The van der Waals surface area contributed by atoms with Crippen molar-refractivity contribution in [1.29, 1.82) is 0 Å². The van der Waals surface area contributed by atoms with Gasteiger partial charge >= 0.3 is 0 Å². The number of carbonyl (C=O) groups excluding carboxylic acids is 1. The number of allylic oxidation sites excluding steroid dienone is 1. The average Bonchev–Trinajstić information content (AvgIpc) is 2.61. The van der Waals surface area contributed by atoms with E-state index in [1.165, 1.54) is 0 Å². The molecule has 0 aromatic heterocycles. The highest BCUT2D eigenvalue weighted by Gasteiger charge is 2.48. The van der Waals surface area contributed by atoms with Crippen LogP contribution in [-0.2, 0) is 14.3 Å². The van der Waals surface area contributed by atoms with E-state index in [2.05, 4.69) is 0 Å². The van der Waals surface area contributed by atoms with Crippen molar-refractivity contribution in [3.05, 3.63) is 11.6 Å². The first-order valence-electron chi connectivity index (χ1n) is 4.34. The third-order valence-electron chi connectivity index (χ3n) is 2.97. The minimum absolute atomic E-state index is 0.124. The molecule has 1 unspecified atom stereocenters. The summed E-state index contributed by atoms with van der Waals surface area (Å²) in [5.74, 6) is 0.707. The fourth-order valence-corrected chi connectivity index (χ4v) is 2.39. The van der Waals surface area contributed by atoms with E-state index in [0.717, 1.165) is 12.0 Å². The second kappa shape index (κ2) is 2.18. The van der Waals surface area contributed by atoms with Crippen LogP contribution in [0.2, 0.25) is 0 Å². The minimum atomic E-state index is -0.124. The van der Waals surface area contributed by atoms with Crippen molar-refractivity contribution in [3.63, 3.8) is 0 Å². The van der Waals surface area contributed by atoms with E-state index >= 15 is 0 Å². The van der Waals surface area contributed by atoms with Gasteiger partial charge in [0.2, 0.25) is 0 Å². The maximum Gasteiger partial charge on any atom is 0.165 e. The predicted octanol–water partition coefficient (Wildman–Crippen LogP) is 0.504. The van der Waals surface area contributed by atoms with E-state index in [1.807, 2.05) is 0 Å². The third kappa shape index (κ3) is 0.704. The van der Waals surface area contributed by atoms with Crippen molar-refractivity contribution in [1.82, 2.24) is 0 Å². The summed E-state index contributed by atoms with van der Waals surface area (Å²) in [7, 11) is 0. The molecule has 0 aromatic carbocycles. The molecule has 2 fully saturated rings. The second-order valence-corrected chi connectivity index (χ2v) is 3.59. The van der Waals surface area contributed by atoms with Gasteiger partial charge in [-0.25, -0.2) is 0 Å². The first kappa shape index (κ1) is 6.80. The Morgan fingerprint density at radius 1 is 1.42 bits per heavy atom. The van der Waals surface area contributed by atoms with Crippen LogP contribution in [0, 0.1) is 11.8 Å². The Kier molecular flexibility index (Phi) is 1.23. The topological polar surface area (TPSA) is 35.5 Å². The van der Waals surface area contributed by atoms with Gasteiger partial charge in [-0.2, -0.15) is 0 Å². The lowest BCUT2D eigenvalue weighted by Gasteiger charge is -2.28. The number of ketones is 1. The molecule has 3 nitrogen and oxygen atoms in total. The van der Waals surface area contributed by atoms with Gasteiger partial charge in [0, 0.05) is 11.8 Å². The highest BCUT2D eigenvalue weighted by molar-refractivity contribution is 5.96. The third-order valence-corrected chi connectivity index (χ3v) is 2.97.